The van der Waals surface area contributed by atoms with Crippen molar-refractivity contribution in [2.24, 2.45) is 0 Å². The van der Waals surface area contributed by atoms with Crippen LogP contribution in [-0.2, 0) is 11.3 Å². The SMILES string of the molecule is Cc1cc(C)cc(NC(=O)N(Cc2ccc(C(=O)NCC(F)(F)C(=O)O)cc2)c2ccc(C3CCCCC3)cc2)c1. The number of amides is 3. The van der Waals surface area contributed by atoms with Gasteiger partial charge in [-0.05, 0) is 91.3 Å². The molecule has 0 atom stereocenters. The minimum absolute atomic E-state index is 0.0954. The van der Waals surface area contributed by atoms with Crippen molar-refractivity contribution >= 4 is 29.3 Å². The summed E-state index contributed by atoms with van der Waals surface area (Å²) in [6.07, 6.45) is 6.07. The van der Waals surface area contributed by atoms with Crippen molar-refractivity contribution in [3.8, 4) is 0 Å². The smallest absolute Gasteiger partial charge is 0.376 e. The summed E-state index contributed by atoms with van der Waals surface area (Å²) >= 11 is 0. The number of benzene rings is 3. The Morgan fingerprint density at radius 3 is 2.10 bits per heavy atom. The standard InChI is InChI=1S/C32H35F2N3O4/c1-21-16-22(2)18-27(17-21)36-31(41)37(28-14-12-25(13-15-28)24-6-4-3-5-7-24)19-23-8-10-26(11-9-23)29(38)35-20-32(33,34)30(39)40/h8-18,24H,3-7,19-20H2,1-2H3,(H,35,38)(H,36,41)(H,39,40). The van der Waals surface area contributed by atoms with Crippen LogP contribution >= 0.6 is 0 Å². The largest absolute Gasteiger partial charge is 0.477 e. The number of hydrogen-bond acceptors (Lipinski definition) is 3. The van der Waals surface area contributed by atoms with E-state index in [-0.39, 0.29) is 18.1 Å². The first kappa shape index (κ1) is 29.7. The molecule has 41 heavy (non-hydrogen) atoms. The first-order chi connectivity index (χ1) is 19.5. The van der Waals surface area contributed by atoms with Crippen molar-refractivity contribution in [3.05, 3.63) is 94.5 Å². The van der Waals surface area contributed by atoms with E-state index in [0.29, 0.717) is 22.9 Å². The zero-order valence-electron chi connectivity index (χ0n) is 23.3. The molecule has 1 aliphatic carbocycles. The third-order valence-electron chi connectivity index (χ3n) is 7.34. The Balaban J connectivity index is 1.53. The van der Waals surface area contributed by atoms with E-state index in [1.807, 2.05) is 49.5 Å². The highest BCUT2D eigenvalue weighted by Crippen LogP contribution is 2.33. The number of rotatable bonds is 9. The lowest BCUT2D eigenvalue weighted by Gasteiger charge is -2.26. The van der Waals surface area contributed by atoms with Crippen LogP contribution in [0.15, 0.2) is 66.7 Å². The highest BCUT2D eigenvalue weighted by Gasteiger charge is 2.39. The van der Waals surface area contributed by atoms with Crippen molar-refractivity contribution in [2.75, 3.05) is 16.8 Å². The Bertz CT molecular complexity index is 1360. The molecule has 3 aromatic carbocycles. The van der Waals surface area contributed by atoms with Crippen LogP contribution < -0.4 is 15.5 Å². The summed E-state index contributed by atoms with van der Waals surface area (Å²) in [5.74, 6) is -6.66. The number of carboxylic acids is 1. The third kappa shape index (κ3) is 7.90. The summed E-state index contributed by atoms with van der Waals surface area (Å²) in [6, 6.07) is 19.8. The Morgan fingerprint density at radius 1 is 0.902 bits per heavy atom. The second-order valence-corrected chi connectivity index (χ2v) is 10.7. The number of carbonyl (C=O) groups is 3. The second kappa shape index (κ2) is 12.9. The van der Waals surface area contributed by atoms with Gasteiger partial charge in [0.25, 0.3) is 5.91 Å². The van der Waals surface area contributed by atoms with E-state index in [4.69, 9.17) is 5.11 Å². The number of urea groups is 1. The maximum Gasteiger partial charge on any atom is 0.376 e. The average Bonchev–Trinajstić information content (AvgIpc) is 2.95. The lowest BCUT2D eigenvalue weighted by Crippen LogP contribution is -2.42. The van der Waals surface area contributed by atoms with Crippen LogP contribution in [-0.4, -0.2) is 35.5 Å². The Morgan fingerprint density at radius 2 is 1.51 bits per heavy atom. The van der Waals surface area contributed by atoms with Crippen molar-refractivity contribution in [2.45, 2.75) is 64.3 Å². The predicted octanol–water partition coefficient (Wildman–Crippen LogP) is 7.04. The molecular weight excluding hydrogens is 528 g/mol. The first-order valence-corrected chi connectivity index (χ1v) is 13.8. The molecule has 0 spiro atoms. The molecule has 0 heterocycles. The van der Waals surface area contributed by atoms with Gasteiger partial charge in [-0.3, -0.25) is 9.69 Å². The Labute approximate surface area is 238 Å². The molecule has 0 radical (unpaired) electrons. The van der Waals surface area contributed by atoms with E-state index in [2.05, 4.69) is 17.4 Å². The summed E-state index contributed by atoms with van der Waals surface area (Å²) in [7, 11) is 0. The normalized spacial score (nSPS) is 13.9. The number of carboxylic acid groups (broad SMARTS) is 1. The van der Waals surface area contributed by atoms with Gasteiger partial charge in [-0.2, -0.15) is 8.78 Å². The molecule has 7 nitrogen and oxygen atoms in total. The van der Waals surface area contributed by atoms with E-state index in [0.717, 1.165) is 11.1 Å². The van der Waals surface area contributed by atoms with Crippen LogP contribution in [0.4, 0.5) is 25.0 Å². The zero-order chi connectivity index (χ0) is 29.6. The number of hydrogen-bond donors (Lipinski definition) is 3. The molecule has 9 heteroatoms. The van der Waals surface area contributed by atoms with Gasteiger partial charge in [0.05, 0.1) is 13.1 Å². The summed E-state index contributed by atoms with van der Waals surface area (Å²) in [4.78, 5) is 38.1. The van der Waals surface area contributed by atoms with Gasteiger partial charge in [0.2, 0.25) is 0 Å². The number of halogens is 2. The fraction of sp³-hybridized carbons (Fsp3) is 0.344. The second-order valence-electron chi connectivity index (χ2n) is 10.7. The summed E-state index contributed by atoms with van der Waals surface area (Å²) < 4.78 is 26.7. The molecular formula is C32H35F2N3O4. The minimum atomic E-state index is -4.06. The summed E-state index contributed by atoms with van der Waals surface area (Å²) in [5.41, 5.74) is 5.53. The molecule has 4 rings (SSSR count). The van der Waals surface area contributed by atoms with Gasteiger partial charge in [-0.1, -0.05) is 49.6 Å². The molecule has 1 fully saturated rings. The molecule has 0 bridgehead atoms. The molecule has 3 aromatic rings. The van der Waals surface area contributed by atoms with Gasteiger partial charge in [0.15, 0.2) is 0 Å². The van der Waals surface area contributed by atoms with Crippen LogP contribution in [0.2, 0.25) is 0 Å². The maximum atomic E-state index is 13.6. The predicted molar refractivity (Wildman–Crippen MR) is 155 cm³/mol. The van der Waals surface area contributed by atoms with Crippen LogP contribution in [0, 0.1) is 13.8 Å². The average molecular weight is 564 g/mol. The topological polar surface area (TPSA) is 98.7 Å². The number of carbonyl (C=O) groups excluding carboxylic acids is 2. The lowest BCUT2D eigenvalue weighted by molar-refractivity contribution is -0.163. The van der Waals surface area contributed by atoms with Gasteiger partial charge in [0, 0.05) is 16.9 Å². The van der Waals surface area contributed by atoms with E-state index in [9.17, 15) is 23.2 Å². The third-order valence-corrected chi connectivity index (χ3v) is 7.34. The zero-order valence-corrected chi connectivity index (χ0v) is 23.3. The number of nitrogens with one attached hydrogen (secondary N) is 2. The molecule has 3 amide bonds. The number of aryl methyl sites for hydroxylation is 2. The molecule has 1 aliphatic rings. The van der Waals surface area contributed by atoms with Crippen molar-refractivity contribution < 1.29 is 28.3 Å². The highest BCUT2D eigenvalue weighted by atomic mass is 19.3. The number of anilines is 2. The molecule has 0 unspecified atom stereocenters. The van der Waals surface area contributed by atoms with E-state index < -0.39 is 24.3 Å². The van der Waals surface area contributed by atoms with Crippen molar-refractivity contribution in [1.29, 1.82) is 0 Å². The van der Waals surface area contributed by atoms with Crippen LogP contribution in [0.5, 0.6) is 0 Å². The van der Waals surface area contributed by atoms with Gasteiger partial charge in [-0.25, -0.2) is 9.59 Å². The van der Waals surface area contributed by atoms with E-state index in [1.54, 1.807) is 17.0 Å². The first-order valence-electron chi connectivity index (χ1n) is 13.8. The molecule has 0 saturated heterocycles. The summed E-state index contributed by atoms with van der Waals surface area (Å²) in [5, 5.41) is 13.5. The highest BCUT2D eigenvalue weighted by molar-refractivity contribution is 6.02. The number of aliphatic carboxylic acids is 1. The Hall–Kier alpha value is -4.27. The molecule has 1 saturated carbocycles. The van der Waals surface area contributed by atoms with Crippen LogP contribution in [0.1, 0.15) is 70.6 Å². The molecule has 216 valence electrons. The Kier molecular flexibility index (Phi) is 9.37. The van der Waals surface area contributed by atoms with Gasteiger partial charge in [-0.15, -0.1) is 0 Å². The van der Waals surface area contributed by atoms with E-state index in [1.165, 1.54) is 49.8 Å². The quantitative estimate of drug-likeness (QED) is 0.260. The lowest BCUT2D eigenvalue weighted by atomic mass is 9.84. The molecule has 0 aromatic heterocycles. The van der Waals surface area contributed by atoms with Crippen molar-refractivity contribution in [1.82, 2.24) is 5.32 Å². The fourth-order valence-corrected chi connectivity index (χ4v) is 5.19. The number of nitrogens with zero attached hydrogens (tertiary/aromatic N) is 1. The molecule has 3 N–H and O–H groups in total. The molecule has 0 aliphatic heterocycles. The van der Waals surface area contributed by atoms with Crippen LogP contribution in [0.25, 0.3) is 0 Å². The van der Waals surface area contributed by atoms with Crippen molar-refractivity contribution in [3.63, 3.8) is 0 Å². The van der Waals surface area contributed by atoms with Crippen LogP contribution in [0.3, 0.4) is 0 Å². The summed E-state index contributed by atoms with van der Waals surface area (Å²) in [6.45, 7) is 2.81. The van der Waals surface area contributed by atoms with E-state index >= 15 is 0 Å². The van der Waals surface area contributed by atoms with Gasteiger partial charge in [0.1, 0.15) is 0 Å². The number of alkyl halides is 2. The monoisotopic (exact) mass is 563 g/mol. The van der Waals surface area contributed by atoms with Gasteiger partial charge >= 0.3 is 17.9 Å². The minimum Gasteiger partial charge on any atom is -0.477 e. The van der Waals surface area contributed by atoms with Gasteiger partial charge < -0.3 is 15.7 Å². The fourth-order valence-electron chi connectivity index (χ4n) is 5.19. The maximum absolute atomic E-state index is 13.6.